The van der Waals surface area contributed by atoms with Gasteiger partial charge >= 0.3 is 6.18 Å². The summed E-state index contributed by atoms with van der Waals surface area (Å²) in [5, 5.41) is 2.82. The van der Waals surface area contributed by atoms with E-state index in [4.69, 9.17) is 0 Å². The average Bonchev–Trinajstić information content (AvgIpc) is 2.17. The van der Waals surface area contributed by atoms with E-state index < -0.39 is 11.7 Å². The minimum absolute atomic E-state index is 0.250. The van der Waals surface area contributed by atoms with Crippen molar-refractivity contribution in [1.29, 1.82) is 0 Å². The Morgan fingerprint density at radius 3 is 2.12 bits per heavy atom. The van der Waals surface area contributed by atoms with Crippen molar-refractivity contribution in [2.75, 3.05) is 13.7 Å². The molecule has 0 saturated carbocycles. The van der Waals surface area contributed by atoms with Crippen LogP contribution in [0.3, 0.4) is 0 Å². The molecule has 0 spiro atoms. The molecule has 0 aromatic heterocycles. The van der Waals surface area contributed by atoms with E-state index in [9.17, 15) is 17.6 Å². The topological polar surface area (TPSA) is 12.0 Å². The third kappa shape index (κ3) is 6.26. The zero-order chi connectivity index (χ0) is 13.5. The van der Waals surface area contributed by atoms with Crippen molar-refractivity contribution in [2.45, 2.75) is 26.6 Å². The highest BCUT2D eigenvalue weighted by molar-refractivity contribution is 5.31. The van der Waals surface area contributed by atoms with Gasteiger partial charge in [-0.1, -0.05) is 11.6 Å². The molecule has 1 nitrogen and oxygen atoms in total. The molecule has 0 aliphatic heterocycles. The van der Waals surface area contributed by atoms with E-state index in [0.717, 1.165) is 6.07 Å². The Hall–Kier alpha value is -1.10. The molecule has 0 radical (unpaired) electrons. The number of nitrogens with one attached hydrogen (secondary N) is 1. The number of halogens is 4. The van der Waals surface area contributed by atoms with Crippen molar-refractivity contribution < 1.29 is 17.6 Å². The SMILES string of the molecule is CCF.CNCc1cc(C)cc(C(F)(F)F)c1. The van der Waals surface area contributed by atoms with Crippen molar-refractivity contribution in [1.82, 2.24) is 5.32 Å². The lowest BCUT2D eigenvalue weighted by atomic mass is 10.1. The number of alkyl halides is 4. The van der Waals surface area contributed by atoms with Gasteiger partial charge in [0.05, 0.1) is 12.2 Å². The lowest BCUT2D eigenvalue weighted by Gasteiger charge is -2.10. The van der Waals surface area contributed by atoms with Crippen LogP contribution in [0.15, 0.2) is 18.2 Å². The lowest BCUT2D eigenvalue weighted by molar-refractivity contribution is -0.137. The molecule has 1 rings (SSSR count). The largest absolute Gasteiger partial charge is 0.416 e. The summed E-state index contributed by atoms with van der Waals surface area (Å²) in [6.07, 6.45) is -4.26. The van der Waals surface area contributed by atoms with E-state index in [0.29, 0.717) is 17.7 Å². The summed E-state index contributed by atoms with van der Waals surface area (Å²) in [5.74, 6) is 0. The van der Waals surface area contributed by atoms with Crippen LogP contribution in [0, 0.1) is 6.92 Å². The van der Waals surface area contributed by atoms with Crippen LogP contribution in [0.2, 0.25) is 0 Å². The van der Waals surface area contributed by atoms with Crippen LogP contribution in [0.5, 0.6) is 0 Å². The van der Waals surface area contributed by atoms with Crippen molar-refractivity contribution in [2.24, 2.45) is 0 Å². The summed E-state index contributed by atoms with van der Waals surface area (Å²) >= 11 is 0. The maximum Gasteiger partial charge on any atom is 0.416 e. The van der Waals surface area contributed by atoms with Gasteiger partial charge in [-0.05, 0) is 38.6 Å². The molecule has 0 aliphatic carbocycles. The molecular formula is C12H17F4N. The summed E-state index contributed by atoms with van der Waals surface area (Å²) in [5.41, 5.74) is 0.702. The molecule has 0 aliphatic rings. The minimum atomic E-state index is -4.26. The van der Waals surface area contributed by atoms with Crippen LogP contribution >= 0.6 is 0 Å². The predicted molar refractivity (Wildman–Crippen MR) is 60.6 cm³/mol. The van der Waals surface area contributed by atoms with Crippen LogP contribution in [-0.4, -0.2) is 13.7 Å². The highest BCUT2D eigenvalue weighted by atomic mass is 19.4. The minimum Gasteiger partial charge on any atom is -0.316 e. The molecule has 17 heavy (non-hydrogen) atoms. The second-order valence-electron chi connectivity index (χ2n) is 3.50. The zero-order valence-electron chi connectivity index (χ0n) is 10.2. The second-order valence-corrected chi connectivity index (χ2v) is 3.50. The van der Waals surface area contributed by atoms with E-state index in [1.165, 1.54) is 13.0 Å². The Balaban J connectivity index is 0.000000770. The van der Waals surface area contributed by atoms with Crippen LogP contribution < -0.4 is 5.32 Å². The van der Waals surface area contributed by atoms with Crippen LogP contribution in [0.4, 0.5) is 17.6 Å². The van der Waals surface area contributed by atoms with Gasteiger partial charge in [0, 0.05) is 6.54 Å². The maximum absolute atomic E-state index is 12.4. The number of hydrogen-bond acceptors (Lipinski definition) is 1. The first-order valence-corrected chi connectivity index (χ1v) is 5.23. The Kier molecular flexibility index (Phi) is 6.80. The van der Waals surface area contributed by atoms with Crippen LogP contribution in [0.25, 0.3) is 0 Å². The van der Waals surface area contributed by atoms with Gasteiger partial charge in [-0.2, -0.15) is 13.2 Å². The van der Waals surface area contributed by atoms with Gasteiger partial charge in [0.25, 0.3) is 0 Å². The highest BCUT2D eigenvalue weighted by Crippen LogP contribution is 2.30. The third-order valence-electron chi connectivity index (χ3n) is 1.85. The summed E-state index contributed by atoms with van der Waals surface area (Å²) in [6, 6.07) is 4.06. The molecule has 0 saturated heterocycles. The zero-order valence-corrected chi connectivity index (χ0v) is 10.2. The average molecular weight is 251 g/mol. The fraction of sp³-hybridized carbons (Fsp3) is 0.500. The fourth-order valence-electron chi connectivity index (χ4n) is 1.33. The Labute approximate surface area is 98.8 Å². The van der Waals surface area contributed by atoms with E-state index in [2.05, 4.69) is 5.32 Å². The van der Waals surface area contributed by atoms with E-state index in [-0.39, 0.29) is 6.67 Å². The number of benzene rings is 1. The first-order chi connectivity index (χ1) is 7.85. The van der Waals surface area contributed by atoms with Crippen molar-refractivity contribution >= 4 is 0 Å². The van der Waals surface area contributed by atoms with Gasteiger partial charge in [0.15, 0.2) is 0 Å². The smallest absolute Gasteiger partial charge is 0.316 e. The van der Waals surface area contributed by atoms with Gasteiger partial charge in [0.2, 0.25) is 0 Å². The monoisotopic (exact) mass is 251 g/mol. The Morgan fingerprint density at radius 1 is 1.18 bits per heavy atom. The molecule has 1 aromatic rings. The lowest BCUT2D eigenvalue weighted by Crippen LogP contribution is -2.09. The first-order valence-electron chi connectivity index (χ1n) is 5.23. The molecule has 0 heterocycles. The normalized spacial score (nSPS) is 10.8. The van der Waals surface area contributed by atoms with Crippen molar-refractivity contribution in [3.8, 4) is 0 Å². The first kappa shape index (κ1) is 15.9. The summed E-state index contributed by atoms with van der Waals surface area (Å²) < 4.78 is 47.4. The molecule has 98 valence electrons. The highest BCUT2D eigenvalue weighted by Gasteiger charge is 2.30. The van der Waals surface area contributed by atoms with E-state index in [1.54, 1.807) is 20.0 Å². The summed E-state index contributed by atoms with van der Waals surface area (Å²) in [4.78, 5) is 0. The van der Waals surface area contributed by atoms with Gasteiger partial charge in [-0.3, -0.25) is 4.39 Å². The Morgan fingerprint density at radius 2 is 1.71 bits per heavy atom. The van der Waals surface area contributed by atoms with Crippen molar-refractivity contribution in [3.63, 3.8) is 0 Å². The van der Waals surface area contributed by atoms with E-state index in [1.807, 2.05) is 0 Å². The Bertz CT molecular complexity index is 334. The standard InChI is InChI=1S/C10H12F3N.C2H5F/c1-7-3-8(6-14-2)5-9(4-7)10(11,12)13;1-2-3/h3-5,14H,6H2,1-2H3;2H2,1H3. The number of aryl methyl sites for hydroxylation is 1. The summed E-state index contributed by atoms with van der Waals surface area (Å²) in [6.45, 7) is 3.32. The molecule has 0 amide bonds. The molecule has 1 aromatic carbocycles. The molecule has 0 atom stereocenters. The molecule has 0 fully saturated rings. The van der Waals surface area contributed by atoms with E-state index >= 15 is 0 Å². The van der Waals surface area contributed by atoms with Gasteiger partial charge < -0.3 is 5.32 Å². The van der Waals surface area contributed by atoms with Crippen molar-refractivity contribution in [3.05, 3.63) is 34.9 Å². The fourth-order valence-corrected chi connectivity index (χ4v) is 1.33. The molecule has 1 N–H and O–H groups in total. The second kappa shape index (κ2) is 7.27. The van der Waals surface area contributed by atoms with Gasteiger partial charge in [0.1, 0.15) is 0 Å². The van der Waals surface area contributed by atoms with Crippen LogP contribution in [0.1, 0.15) is 23.6 Å². The molecular weight excluding hydrogens is 234 g/mol. The molecule has 0 bridgehead atoms. The van der Waals surface area contributed by atoms with Crippen LogP contribution in [-0.2, 0) is 12.7 Å². The molecule has 0 unspecified atom stereocenters. The molecule has 5 heteroatoms. The van der Waals surface area contributed by atoms with Gasteiger partial charge in [-0.15, -0.1) is 0 Å². The maximum atomic E-state index is 12.4. The quantitative estimate of drug-likeness (QED) is 0.790. The van der Waals surface area contributed by atoms with Gasteiger partial charge in [-0.25, -0.2) is 0 Å². The third-order valence-corrected chi connectivity index (χ3v) is 1.85. The predicted octanol–water partition coefficient (Wildman–Crippen LogP) is 3.71. The summed E-state index contributed by atoms with van der Waals surface area (Å²) in [7, 11) is 1.70. The number of rotatable bonds is 2. The number of hydrogen-bond donors (Lipinski definition) is 1.